The van der Waals surface area contributed by atoms with E-state index < -0.39 is 0 Å². The molecule has 5 heteroatoms. The maximum absolute atomic E-state index is 6.32. The van der Waals surface area contributed by atoms with Gasteiger partial charge in [0.25, 0.3) is 0 Å². The van der Waals surface area contributed by atoms with E-state index in [-0.39, 0.29) is 17.9 Å². The summed E-state index contributed by atoms with van der Waals surface area (Å²) in [7, 11) is 0. The molecule has 0 radical (unpaired) electrons. The second kappa shape index (κ2) is 12.2. The van der Waals surface area contributed by atoms with Crippen LogP contribution >= 0.6 is 0 Å². The summed E-state index contributed by atoms with van der Waals surface area (Å²) < 4.78 is 6.32. The molecule has 31 heavy (non-hydrogen) atoms. The Morgan fingerprint density at radius 2 is 2.06 bits per heavy atom. The second-order valence-electron chi connectivity index (χ2n) is 8.14. The molecular formula is C26H34N4O. The van der Waals surface area contributed by atoms with Gasteiger partial charge < -0.3 is 4.74 Å². The van der Waals surface area contributed by atoms with Crippen molar-refractivity contribution in [2.75, 3.05) is 19.6 Å². The second-order valence-corrected chi connectivity index (χ2v) is 8.14. The summed E-state index contributed by atoms with van der Waals surface area (Å²) in [4.78, 5) is 15.8. The molecule has 0 N–H and O–H groups in total. The van der Waals surface area contributed by atoms with Crippen LogP contribution in [0, 0.1) is 11.8 Å². The molecule has 3 unspecified atom stereocenters. The van der Waals surface area contributed by atoms with Crippen LogP contribution in [0.5, 0.6) is 0 Å². The monoisotopic (exact) mass is 418 g/mol. The summed E-state index contributed by atoms with van der Waals surface area (Å²) in [5, 5.41) is 0. The van der Waals surface area contributed by atoms with E-state index in [4.69, 9.17) is 4.74 Å². The van der Waals surface area contributed by atoms with Crippen LogP contribution in [0.15, 0.2) is 79.3 Å². The molecule has 0 spiro atoms. The Hall–Kier alpha value is -2.79. The van der Waals surface area contributed by atoms with Crippen molar-refractivity contribution >= 4 is 11.5 Å². The standard InChI is InChI=1S/C26H34N4O/c1-4-21(2)24(22(3)26-28-16-12-17-29-26)20-30-18-11-13-23(19-30)31-25-14-9-7-5-6-8-10-15-27-25/h4-7,9-10,12,15-17,21,23-24H,1,3,8,11,13-14,18-20H2,2H3/b6-5-,9-7-,15-10-,27-25?. The van der Waals surface area contributed by atoms with Crippen molar-refractivity contribution < 1.29 is 4.74 Å². The topological polar surface area (TPSA) is 50.6 Å². The van der Waals surface area contributed by atoms with Gasteiger partial charge in [0.05, 0.1) is 0 Å². The van der Waals surface area contributed by atoms with Crippen LogP contribution in [0.4, 0.5) is 0 Å². The van der Waals surface area contributed by atoms with Crippen molar-refractivity contribution in [2.24, 2.45) is 16.8 Å². The lowest BCUT2D eigenvalue weighted by atomic mass is 9.86. The molecule has 0 aromatic carbocycles. The van der Waals surface area contributed by atoms with Crippen LogP contribution in [0.1, 0.15) is 38.4 Å². The number of ether oxygens (including phenoxy) is 1. The Bertz CT molecular complexity index is 840. The molecule has 3 rings (SSSR count). The molecule has 0 amide bonds. The molecule has 3 heterocycles. The average Bonchev–Trinajstić information content (AvgIpc) is 2.81. The predicted octanol–water partition coefficient (Wildman–Crippen LogP) is 5.23. The lowest BCUT2D eigenvalue weighted by Crippen LogP contribution is -2.43. The molecule has 0 saturated carbocycles. The van der Waals surface area contributed by atoms with Gasteiger partial charge in [-0.25, -0.2) is 15.0 Å². The largest absolute Gasteiger partial charge is 0.476 e. The van der Waals surface area contributed by atoms with Gasteiger partial charge in [0.15, 0.2) is 11.7 Å². The van der Waals surface area contributed by atoms with Gasteiger partial charge in [0, 0.05) is 44.0 Å². The molecular weight excluding hydrogens is 384 g/mol. The highest BCUT2D eigenvalue weighted by atomic mass is 16.5. The van der Waals surface area contributed by atoms with Gasteiger partial charge in [-0.1, -0.05) is 50.0 Å². The smallest absolute Gasteiger partial charge is 0.192 e. The molecule has 1 aromatic rings. The lowest BCUT2D eigenvalue weighted by molar-refractivity contribution is 0.0711. The van der Waals surface area contributed by atoms with Gasteiger partial charge in [-0.2, -0.15) is 0 Å². The third-order valence-electron chi connectivity index (χ3n) is 5.80. The first-order valence-electron chi connectivity index (χ1n) is 11.2. The lowest BCUT2D eigenvalue weighted by Gasteiger charge is -2.36. The highest BCUT2D eigenvalue weighted by Crippen LogP contribution is 2.29. The van der Waals surface area contributed by atoms with E-state index in [1.165, 1.54) is 0 Å². The summed E-state index contributed by atoms with van der Waals surface area (Å²) in [5.74, 6) is 1.99. The highest BCUT2D eigenvalue weighted by molar-refractivity contribution is 5.78. The summed E-state index contributed by atoms with van der Waals surface area (Å²) >= 11 is 0. The van der Waals surface area contributed by atoms with Crippen LogP contribution in [-0.2, 0) is 4.74 Å². The van der Waals surface area contributed by atoms with Crippen LogP contribution in [0.2, 0.25) is 0 Å². The highest BCUT2D eigenvalue weighted by Gasteiger charge is 2.28. The molecule has 5 nitrogen and oxygen atoms in total. The van der Waals surface area contributed by atoms with Crippen molar-refractivity contribution in [3.63, 3.8) is 0 Å². The van der Waals surface area contributed by atoms with Gasteiger partial charge >= 0.3 is 0 Å². The number of allylic oxidation sites excluding steroid dienone is 5. The quantitative estimate of drug-likeness (QED) is 0.569. The van der Waals surface area contributed by atoms with Crippen molar-refractivity contribution in [1.82, 2.24) is 14.9 Å². The fourth-order valence-electron chi connectivity index (χ4n) is 3.95. The molecule has 1 saturated heterocycles. The van der Waals surface area contributed by atoms with Crippen LogP contribution in [0.25, 0.3) is 5.57 Å². The zero-order valence-corrected chi connectivity index (χ0v) is 18.6. The summed E-state index contributed by atoms with van der Waals surface area (Å²) in [6.07, 6.45) is 21.7. The molecule has 2 aliphatic heterocycles. The van der Waals surface area contributed by atoms with E-state index in [9.17, 15) is 0 Å². The predicted molar refractivity (Wildman–Crippen MR) is 129 cm³/mol. The van der Waals surface area contributed by atoms with E-state index in [0.717, 1.165) is 56.2 Å². The number of likely N-dealkylation sites (tertiary alicyclic amines) is 1. The molecule has 2 aliphatic rings. The molecule has 0 bridgehead atoms. The van der Waals surface area contributed by atoms with Gasteiger partial charge in [0.2, 0.25) is 0 Å². The summed E-state index contributed by atoms with van der Waals surface area (Å²) in [6, 6.07) is 1.83. The number of nitrogens with zero attached hydrogens (tertiary/aromatic N) is 4. The molecule has 0 aliphatic carbocycles. The number of hydrogen-bond acceptors (Lipinski definition) is 5. The van der Waals surface area contributed by atoms with Crippen molar-refractivity contribution in [1.29, 1.82) is 0 Å². The van der Waals surface area contributed by atoms with Crippen LogP contribution in [-0.4, -0.2) is 46.5 Å². The minimum Gasteiger partial charge on any atom is -0.476 e. The maximum atomic E-state index is 6.32. The Kier molecular flexibility index (Phi) is 8.98. The van der Waals surface area contributed by atoms with E-state index in [0.29, 0.717) is 6.42 Å². The van der Waals surface area contributed by atoms with E-state index in [1.807, 2.05) is 24.4 Å². The fraction of sp³-hybridized carbons (Fsp3) is 0.423. The molecule has 3 atom stereocenters. The first kappa shape index (κ1) is 22.9. The Morgan fingerprint density at radius 1 is 1.26 bits per heavy atom. The van der Waals surface area contributed by atoms with E-state index in [1.54, 1.807) is 12.4 Å². The molecule has 1 fully saturated rings. The van der Waals surface area contributed by atoms with E-state index in [2.05, 4.69) is 64.2 Å². The summed E-state index contributed by atoms with van der Waals surface area (Å²) in [5.41, 5.74) is 0.969. The average molecular weight is 419 g/mol. The Balaban J connectivity index is 1.64. The van der Waals surface area contributed by atoms with Gasteiger partial charge in [-0.05, 0) is 43.4 Å². The number of aliphatic imine (C=N–C) groups is 1. The van der Waals surface area contributed by atoms with Gasteiger partial charge in [-0.15, -0.1) is 6.58 Å². The minimum absolute atomic E-state index is 0.147. The number of hydrogen-bond donors (Lipinski definition) is 0. The minimum atomic E-state index is 0.147. The normalized spacial score (nSPS) is 24.8. The fourth-order valence-corrected chi connectivity index (χ4v) is 3.95. The maximum Gasteiger partial charge on any atom is 0.192 e. The van der Waals surface area contributed by atoms with Crippen molar-refractivity contribution in [3.8, 4) is 0 Å². The Morgan fingerprint density at radius 3 is 2.87 bits per heavy atom. The van der Waals surface area contributed by atoms with Crippen molar-refractivity contribution in [2.45, 2.75) is 38.7 Å². The third kappa shape index (κ3) is 7.14. The van der Waals surface area contributed by atoms with E-state index >= 15 is 0 Å². The van der Waals surface area contributed by atoms with Gasteiger partial charge in [0.1, 0.15) is 6.10 Å². The van der Waals surface area contributed by atoms with Crippen molar-refractivity contribution in [3.05, 3.63) is 80.1 Å². The first-order chi connectivity index (χ1) is 15.2. The zero-order chi connectivity index (χ0) is 21.9. The number of rotatable bonds is 7. The zero-order valence-electron chi connectivity index (χ0n) is 18.6. The van der Waals surface area contributed by atoms with Crippen LogP contribution in [0.3, 0.4) is 0 Å². The van der Waals surface area contributed by atoms with Crippen LogP contribution < -0.4 is 0 Å². The SMILES string of the molecule is C=CC(C)C(CN1CCCC(OC2=N/C=C\C/C=C\C=C/C2)C1)C(=C)c1ncccn1. The van der Waals surface area contributed by atoms with Gasteiger partial charge in [-0.3, -0.25) is 4.90 Å². The third-order valence-corrected chi connectivity index (χ3v) is 5.80. The number of aromatic nitrogens is 2. The first-order valence-corrected chi connectivity index (χ1v) is 11.2. The number of piperidine rings is 1. The summed E-state index contributed by atoms with van der Waals surface area (Å²) in [6.45, 7) is 13.4. The molecule has 1 aromatic heterocycles. The molecule has 164 valence electrons. The Labute approximate surface area is 186 Å².